The summed E-state index contributed by atoms with van der Waals surface area (Å²) in [5.74, 6) is 0. The summed E-state index contributed by atoms with van der Waals surface area (Å²) in [4.78, 5) is 5.13. The maximum Gasteiger partial charge on any atom is 0.277 e. The van der Waals surface area contributed by atoms with E-state index < -0.39 is 0 Å². The van der Waals surface area contributed by atoms with Crippen LogP contribution >= 0.6 is 22.7 Å². The van der Waals surface area contributed by atoms with Crippen LogP contribution in [0.25, 0.3) is 63.6 Å². The number of nitrogens with zero attached hydrogens (tertiary/aromatic N) is 2. The van der Waals surface area contributed by atoms with Gasteiger partial charge < -0.3 is 9.80 Å². The number of hydrogen-bond acceptors (Lipinski definition) is 4. The van der Waals surface area contributed by atoms with Gasteiger partial charge in [0.05, 0.1) is 11.4 Å². The predicted molar refractivity (Wildman–Crippen MR) is 263 cm³/mol. The average molecular weight is 801 g/mol. The number of hydrogen-bond donors (Lipinski definition) is 0. The van der Waals surface area contributed by atoms with E-state index in [1.54, 1.807) is 0 Å². The van der Waals surface area contributed by atoms with Gasteiger partial charge in [0.25, 0.3) is 6.71 Å². The third-order valence-corrected chi connectivity index (χ3v) is 15.4. The van der Waals surface area contributed by atoms with Gasteiger partial charge in [-0.05, 0) is 130 Å². The number of benzene rings is 9. The highest BCUT2D eigenvalue weighted by molar-refractivity contribution is 7.40. The van der Waals surface area contributed by atoms with Crippen molar-refractivity contribution in [2.24, 2.45) is 0 Å². The smallest absolute Gasteiger partial charge is 0.277 e. The van der Waals surface area contributed by atoms with Gasteiger partial charge in [-0.25, -0.2) is 0 Å². The van der Waals surface area contributed by atoms with Gasteiger partial charge >= 0.3 is 0 Å². The minimum Gasteiger partial charge on any atom is -0.310 e. The number of anilines is 6. The largest absolute Gasteiger partial charge is 0.310 e. The molecule has 0 spiro atoms. The summed E-state index contributed by atoms with van der Waals surface area (Å²) in [6, 6.07) is 64.1. The molecule has 4 heterocycles. The molecule has 2 aliphatic rings. The van der Waals surface area contributed by atoms with Crippen LogP contribution in [0.1, 0.15) is 16.7 Å². The summed E-state index contributed by atoms with van der Waals surface area (Å²) < 4.78 is 5.50. The van der Waals surface area contributed by atoms with Crippen molar-refractivity contribution in [3.05, 3.63) is 187 Å². The molecule has 0 bridgehead atoms. The van der Waals surface area contributed by atoms with E-state index in [0.29, 0.717) is 0 Å². The van der Waals surface area contributed by atoms with Crippen LogP contribution in [0, 0.1) is 20.8 Å². The molecule has 0 unspecified atom stereocenters. The molecule has 0 fully saturated rings. The Labute approximate surface area is 357 Å². The molecule has 60 heavy (non-hydrogen) atoms. The lowest BCUT2D eigenvalue weighted by Crippen LogP contribution is -2.59. The molecule has 0 atom stereocenters. The number of thiophene rings is 2. The van der Waals surface area contributed by atoms with Crippen LogP contribution in [0.4, 0.5) is 34.1 Å². The molecule has 2 aromatic heterocycles. The molecule has 0 saturated carbocycles. The molecule has 2 nitrogen and oxygen atoms in total. The summed E-state index contributed by atoms with van der Waals surface area (Å²) in [5, 5.41) is 10.4. The minimum absolute atomic E-state index is 0.118. The molecule has 282 valence electrons. The molecule has 13 rings (SSSR count). The second kappa shape index (κ2) is 12.7. The first kappa shape index (κ1) is 34.2. The van der Waals surface area contributed by atoms with Crippen LogP contribution in [0.3, 0.4) is 0 Å². The van der Waals surface area contributed by atoms with Crippen molar-refractivity contribution in [1.29, 1.82) is 0 Å². The van der Waals surface area contributed by atoms with E-state index in [0.717, 1.165) is 0 Å². The number of aryl methyl sites for hydroxylation is 3. The Hall–Kier alpha value is -6.66. The van der Waals surface area contributed by atoms with Gasteiger partial charge in [-0.3, -0.25) is 0 Å². The Kier molecular flexibility index (Phi) is 7.23. The van der Waals surface area contributed by atoms with E-state index in [1.165, 1.54) is 129 Å². The summed E-state index contributed by atoms with van der Waals surface area (Å²) in [6.45, 7) is 6.73. The fourth-order valence-electron chi connectivity index (χ4n) is 10.4. The van der Waals surface area contributed by atoms with Crippen molar-refractivity contribution in [3.8, 4) is 11.1 Å². The molecular formula is C55H37BN2S2. The predicted octanol–water partition coefficient (Wildman–Crippen LogP) is 14.3. The second-order valence-electron chi connectivity index (χ2n) is 16.6. The van der Waals surface area contributed by atoms with Gasteiger partial charge in [0, 0.05) is 52.5 Å². The lowest BCUT2D eigenvalue weighted by molar-refractivity contribution is 1.27. The van der Waals surface area contributed by atoms with Crippen molar-refractivity contribution in [3.63, 3.8) is 0 Å². The van der Waals surface area contributed by atoms with Gasteiger partial charge in [-0.15, -0.1) is 22.7 Å². The molecule has 11 aromatic rings. The molecule has 0 radical (unpaired) electrons. The van der Waals surface area contributed by atoms with E-state index in [4.69, 9.17) is 0 Å². The van der Waals surface area contributed by atoms with Crippen LogP contribution in [0.15, 0.2) is 170 Å². The number of rotatable bonds is 3. The quantitative estimate of drug-likeness (QED) is 0.130. The summed E-state index contributed by atoms with van der Waals surface area (Å²) in [5.41, 5.74) is 15.2. The standard InChI is InChI=1S/C55H37BN2S2/c1-32-18-24-36(25-19-32)57-46-16-9-17-47-51(46)56(54-52(57)44-30-33(2)20-28-48(44)59-54)55-53(45-31-34(3)21-29-49(45)60-55)58(47)37-26-22-35(23-27-37)38-14-8-15-43-41-11-5-4-10-39(41)40-12-6-7-13-42(40)50(38)43/h4-31H,1-3H3. The number of fused-ring (bicyclic) bond motifs is 14. The fourth-order valence-corrected chi connectivity index (χ4v) is 13.0. The average Bonchev–Trinajstić information content (AvgIpc) is 3.85. The molecule has 2 aliphatic heterocycles. The highest BCUT2D eigenvalue weighted by Gasteiger charge is 2.46. The first-order valence-corrected chi connectivity index (χ1v) is 22.4. The Morgan fingerprint density at radius 2 is 0.850 bits per heavy atom. The second-order valence-corrected chi connectivity index (χ2v) is 18.8. The van der Waals surface area contributed by atoms with Crippen LogP contribution in [0.2, 0.25) is 0 Å². The fraction of sp³-hybridized carbons (Fsp3) is 0.0545. The molecule has 0 N–H and O–H groups in total. The molecule has 0 saturated heterocycles. The highest BCUT2D eigenvalue weighted by atomic mass is 32.1. The van der Waals surface area contributed by atoms with Gasteiger partial charge in [-0.1, -0.05) is 126 Å². The first-order valence-electron chi connectivity index (χ1n) is 20.8. The Morgan fingerprint density at radius 3 is 1.40 bits per heavy atom. The van der Waals surface area contributed by atoms with Crippen LogP contribution < -0.4 is 24.8 Å². The third kappa shape index (κ3) is 4.76. The van der Waals surface area contributed by atoms with Crippen molar-refractivity contribution in [1.82, 2.24) is 0 Å². The summed E-state index contributed by atoms with van der Waals surface area (Å²) in [7, 11) is 0. The molecule has 5 heteroatoms. The lowest BCUT2D eigenvalue weighted by Gasteiger charge is -2.42. The van der Waals surface area contributed by atoms with Crippen molar-refractivity contribution in [2.75, 3.05) is 9.80 Å². The zero-order valence-electron chi connectivity index (χ0n) is 33.5. The molecule has 0 amide bonds. The SMILES string of the molecule is Cc1ccc(N2c3cccc4c3B(c3sc5ccc(C)cc5c32)c2sc3ccc(C)cc3c2N4c2ccc(-c3cccc4c5ccccc5c5ccccc5c34)cc2)cc1. The van der Waals surface area contributed by atoms with E-state index >= 15 is 0 Å². The Balaban J connectivity index is 1.06. The van der Waals surface area contributed by atoms with Gasteiger partial charge in [0.1, 0.15) is 0 Å². The maximum absolute atomic E-state index is 2.58. The van der Waals surface area contributed by atoms with Crippen LogP contribution in [-0.2, 0) is 0 Å². The highest BCUT2D eigenvalue weighted by Crippen LogP contribution is 2.51. The Bertz CT molecular complexity index is 3550. The van der Waals surface area contributed by atoms with E-state index in [9.17, 15) is 0 Å². The Morgan fingerprint density at radius 1 is 0.400 bits per heavy atom. The normalized spacial score (nSPS) is 13.2. The monoisotopic (exact) mass is 800 g/mol. The van der Waals surface area contributed by atoms with Gasteiger partial charge in [-0.2, -0.15) is 0 Å². The topological polar surface area (TPSA) is 6.48 Å². The molecular weight excluding hydrogens is 764 g/mol. The first-order chi connectivity index (χ1) is 29.5. The van der Waals surface area contributed by atoms with Crippen LogP contribution in [-0.4, -0.2) is 6.71 Å². The van der Waals surface area contributed by atoms with E-state index in [-0.39, 0.29) is 6.71 Å². The van der Waals surface area contributed by atoms with Crippen molar-refractivity contribution in [2.45, 2.75) is 20.8 Å². The zero-order chi connectivity index (χ0) is 39.8. The van der Waals surface area contributed by atoms with E-state index in [1.807, 2.05) is 22.7 Å². The minimum atomic E-state index is 0.118. The lowest BCUT2D eigenvalue weighted by atomic mass is 9.39. The summed E-state index contributed by atoms with van der Waals surface area (Å²) in [6.07, 6.45) is 0. The van der Waals surface area contributed by atoms with Crippen molar-refractivity contribution < 1.29 is 0 Å². The maximum atomic E-state index is 2.58. The van der Waals surface area contributed by atoms with Gasteiger partial charge in [0.15, 0.2) is 0 Å². The van der Waals surface area contributed by atoms with E-state index in [2.05, 4.69) is 200 Å². The van der Waals surface area contributed by atoms with Crippen molar-refractivity contribution >= 4 is 131 Å². The molecule has 9 aromatic carbocycles. The van der Waals surface area contributed by atoms with Crippen LogP contribution in [0.5, 0.6) is 0 Å². The molecule has 0 aliphatic carbocycles. The summed E-state index contributed by atoms with van der Waals surface area (Å²) >= 11 is 3.94. The zero-order valence-corrected chi connectivity index (χ0v) is 35.1. The van der Waals surface area contributed by atoms with Gasteiger partial charge in [0.2, 0.25) is 0 Å². The third-order valence-electron chi connectivity index (χ3n) is 13.0.